The first kappa shape index (κ1) is 14.5. The molecule has 0 radical (unpaired) electrons. The highest BCUT2D eigenvalue weighted by atomic mass is 32.2. The molecule has 6 nitrogen and oxygen atoms in total. The number of anilines is 1. The highest BCUT2D eigenvalue weighted by Gasteiger charge is 2.31. The van der Waals surface area contributed by atoms with Crippen LogP contribution in [0.2, 0.25) is 0 Å². The minimum Gasteiger partial charge on any atom is -0.383 e. The second-order valence-electron chi connectivity index (χ2n) is 5.20. The Labute approximate surface area is 127 Å². The van der Waals surface area contributed by atoms with Crippen LogP contribution >= 0.6 is 0 Å². The molecule has 0 amide bonds. The van der Waals surface area contributed by atoms with Gasteiger partial charge in [0.25, 0.3) is 5.69 Å². The summed E-state index contributed by atoms with van der Waals surface area (Å²) in [7, 11) is -3.97. The molecule has 1 heterocycles. The number of nitrogens with zero attached hydrogens (tertiary/aromatic N) is 1. The summed E-state index contributed by atoms with van der Waals surface area (Å²) in [5.74, 6) is 0. The molecule has 0 fully saturated rings. The van der Waals surface area contributed by atoms with E-state index in [-0.39, 0.29) is 9.79 Å². The highest BCUT2D eigenvalue weighted by Crippen LogP contribution is 2.37. The lowest BCUT2D eigenvalue weighted by atomic mass is 10.1. The van der Waals surface area contributed by atoms with E-state index < -0.39 is 20.4 Å². The minimum atomic E-state index is -3.97. The van der Waals surface area contributed by atoms with Gasteiger partial charge in [0, 0.05) is 12.6 Å². The number of nitro groups is 1. The number of hydrogen-bond acceptors (Lipinski definition) is 5. The van der Waals surface area contributed by atoms with Gasteiger partial charge in [-0.3, -0.25) is 10.1 Å². The molecule has 0 aromatic heterocycles. The van der Waals surface area contributed by atoms with Gasteiger partial charge in [-0.15, -0.1) is 0 Å². The Morgan fingerprint density at radius 1 is 1.18 bits per heavy atom. The molecule has 3 rings (SSSR count). The van der Waals surface area contributed by atoms with E-state index in [1.807, 2.05) is 13.0 Å². The van der Waals surface area contributed by atoms with E-state index in [0.717, 1.165) is 17.5 Å². The third-order valence-electron chi connectivity index (χ3n) is 3.67. The van der Waals surface area contributed by atoms with Crippen LogP contribution in [0.3, 0.4) is 0 Å². The molecule has 1 aliphatic rings. The van der Waals surface area contributed by atoms with Crippen molar-refractivity contribution in [1.29, 1.82) is 0 Å². The molecule has 2 aromatic rings. The van der Waals surface area contributed by atoms with Crippen molar-refractivity contribution in [3.63, 3.8) is 0 Å². The zero-order valence-corrected chi connectivity index (χ0v) is 12.7. The highest BCUT2D eigenvalue weighted by molar-refractivity contribution is 7.91. The fourth-order valence-electron chi connectivity index (χ4n) is 2.71. The number of rotatable bonds is 3. The molecule has 0 atom stereocenters. The summed E-state index contributed by atoms with van der Waals surface area (Å²) in [4.78, 5) is 10.3. The maximum absolute atomic E-state index is 12.9. The fraction of sp³-hybridized carbons (Fsp3) is 0.200. The molecule has 7 heteroatoms. The Hall–Kier alpha value is -2.41. The Balaban J connectivity index is 2.27. The molecule has 2 aromatic carbocycles. The average molecular weight is 318 g/mol. The zero-order chi connectivity index (χ0) is 15.9. The normalized spacial score (nSPS) is 13.5. The molecule has 0 aliphatic carbocycles. The second-order valence-corrected chi connectivity index (χ2v) is 7.09. The molecule has 0 bridgehead atoms. The zero-order valence-electron chi connectivity index (χ0n) is 11.9. The Kier molecular flexibility index (Phi) is 3.37. The Bertz CT molecular complexity index is 875. The number of sulfone groups is 1. The SMILES string of the molecule is Cc1cc2c(c(S(=O)(=O)c3ccccc3[N+](=O)[O-])c1)NCC2. The van der Waals surface area contributed by atoms with Gasteiger partial charge >= 0.3 is 0 Å². The van der Waals surface area contributed by atoms with Gasteiger partial charge in [0.05, 0.1) is 15.5 Å². The van der Waals surface area contributed by atoms with E-state index in [1.54, 1.807) is 6.07 Å². The molecule has 0 unspecified atom stereocenters. The van der Waals surface area contributed by atoms with E-state index >= 15 is 0 Å². The smallest absolute Gasteiger partial charge is 0.288 e. The molecule has 22 heavy (non-hydrogen) atoms. The quantitative estimate of drug-likeness (QED) is 0.694. The first-order chi connectivity index (χ1) is 10.4. The summed E-state index contributed by atoms with van der Waals surface area (Å²) in [6.45, 7) is 2.48. The van der Waals surface area contributed by atoms with Gasteiger partial charge < -0.3 is 5.32 Å². The summed E-state index contributed by atoms with van der Waals surface area (Å²) in [5, 5.41) is 14.2. The maximum Gasteiger partial charge on any atom is 0.288 e. The topological polar surface area (TPSA) is 89.3 Å². The summed E-state index contributed by atoms with van der Waals surface area (Å²) in [6, 6.07) is 8.92. The van der Waals surface area contributed by atoms with Crippen molar-refractivity contribution in [2.24, 2.45) is 0 Å². The molecule has 0 saturated carbocycles. The lowest BCUT2D eigenvalue weighted by molar-refractivity contribution is -0.387. The molecular formula is C15H14N2O4S. The third-order valence-corrected chi connectivity index (χ3v) is 5.49. The van der Waals surface area contributed by atoms with Crippen molar-refractivity contribution in [1.82, 2.24) is 0 Å². The van der Waals surface area contributed by atoms with E-state index in [2.05, 4.69) is 5.32 Å². The van der Waals surface area contributed by atoms with Gasteiger partial charge in [0.2, 0.25) is 9.84 Å². The maximum atomic E-state index is 12.9. The van der Waals surface area contributed by atoms with E-state index in [0.29, 0.717) is 12.2 Å². The van der Waals surface area contributed by atoms with Crippen LogP contribution in [0.1, 0.15) is 11.1 Å². The van der Waals surface area contributed by atoms with Gasteiger partial charge in [0.15, 0.2) is 0 Å². The van der Waals surface area contributed by atoms with Crippen molar-refractivity contribution < 1.29 is 13.3 Å². The van der Waals surface area contributed by atoms with Crippen LogP contribution in [0.5, 0.6) is 0 Å². The van der Waals surface area contributed by atoms with Gasteiger partial charge in [-0.05, 0) is 36.6 Å². The number of benzene rings is 2. The number of para-hydroxylation sites is 1. The van der Waals surface area contributed by atoms with Gasteiger partial charge in [-0.2, -0.15) is 0 Å². The van der Waals surface area contributed by atoms with Gasteiger partial charge in [-0.25, -0.2) is 8.42 Å². The predicted octanol–water partition coefficient (Wildman–Crippen LogP) is 2.70. The summed E-state index contributed by atoms with van der Waals surface area (Å²) < 4.78 is 25.9. The van der Waals surface area contributed by atoms with Crippen molar-refractivity contribution >= 4 is 21.2 Å². The molecule has 1 N–H and O–H groups in total. The summed E-state index contributed by atoms with van der Waals surface area (Å²) >= 11 is 0. The van der Waals surface area contributed by atoms with Gasteiger partial charge in [-0.1, -0.05) is 18.2 Å². The Morgan fingerprint density at radius 2 is 1.91 bits per heavy atom. The second kappa shape index (κ2) is 5.10. The largest absolute Gasteiger partial charge is 0.383 e. The van der Waals surface area contributed by atoms with Crippen LogP contribution in [0.25, 0.3) is 0 Å². The lowest BCUT2D eigenvalue weighted by Crippen LogP contribution is -2.08. The third kappa shape index (κ3) is 2.23. The first-order valence-electron chi connectivity index (χ1n) is 6.77. The number of nitrogens with one attached hydrogen (secondary N) is 1. The minimum absolute atomic E-state index is 0.106. The van der Waals surface area contributed by atoms with E-state index in [4.69, 9.17) is 0 Å². The Morgan fingerprint density at radius 3 is 2.64 bits per heavy atom. The molecule has 1 aliphatic heterocycles. The van der Waals surface area contributed by atoms with Gasteiger partial charge in [0.1, 0.15) is 4.90 Å². The lowest BCUT2D eigenvalue weighted by Gasteiger charge is -2.11. The predicted molar refractivity (Wildman–Crippen MR) is 81.9 cm³/mol. The molecule has 0 spiro atoms. The van der Waals surface area contributed by atoms with Crippen molar-refractivity contribution in [2.45, 2.75) is 23.1 Å². The number of nitro benzene ring substituents is 1. The monoisotopic (exact) mass is 318 g/mol. The number of hydrogen-bond donors (Lipinski definition) is 1. The number of aryl methyl sites for hydroxylation is 1. The standard InChI is InChI=1S/C15H14N2O4S/c1-10-8-11-6-7-16-15(11)14(9-10)22(20,21)13-5-3-2-4-12(13)17(18)19/h2-5,8-9,16H,6-7H2,1H3. The van der Waals surface area contributed by atoms with Crippen LogP contribution in [0, 0.1) is 17.0 Å². The van der Waals surface area contributed by atoms with E-state index in [1.165, 1.54) is 24.3 Å². The molecule has 114 valence electrons. The van der Waals surface area contributed by atoms with Crippen LogP contribution < -0.4 is 5.32 Å². The van der Waals surface area contributed by atoms with Crippen molar-refractivity contribution in [2.75, 3.05) is 11.9 Å². The van der Waals surface area contributed by atoms with Crippen LogP contribution in [-0.4, -0.2) is 19.9 Å². The van der Waals surface area contributed by atoms with Crippen LogP contribution in [0.4, 0.5) is 11.4 Å². The fourth-order valence-corrected chi connectivity index (χ4v) is 4.44. The summed E-state index contributed by atoms with van der Waals surface area (Å²) in [5.41, 5.74) is 1.90. The number of fused-ring (bicyclic) bond motifs is 1. The molecular weight excluding hydrogens is 304 g/mol. The summed E-state index contributed by atoms with van der Waals surface area (Å²) in [6.07, 6.45) is 0.746. The van der Waals surface area contributed by atoms with E-state index in [9.17, 15) is 18.5 Å². The van der Waals surface area contributed by atoms with Crippen LogP contribution in [0.15, 0.2) is 46.2 Å². The molecule has 0 saturated heterocycles. The van der Waals surface area contributed by atoms with Crippen molar-refractivity contribution in [3.05, 3.63) is 57.6 Å². The van der Waals surface area contributed by atoms with Crippen molar-refractivity contribution in [3.8, 4) is 0 Å². The first-order valence-corrected chi connectivity index (χ1v) is 8.25. The van der Waals surface area contributed by atoms with Crippen LogP contribution in [-0.2, 0) is 16.3 Å². The average Bonchev–Trinajstić information content (AvgIpc) is 2.94.